The molecule has 0 bridgehead atoms. The van der Waals surface area contributed by atoms with E-state index in [0.29, 0.717) is 6.04 Å². The Labute approximate surface area is 84.1 Å². The number of hydrogen-bond acceptors (Lipinski definition) is 1. The second kappa shape index (κ2) is 3.10. The van der Waals surface area contributed by atoms with Crippen molar-refractivity contribution >= 4 is 0 Å². The zero-order valence-corrected chi connectivity index (χ0v) is 8.03. The maximum atomic E-state index is 3.56. The molecule has 70 valence electrons. The third kappa shape index (κ3) is 1.13. The van der Waals surface area contributed by atoms with Crippen molar-refractivity contribution in [1.29, 1.82) is 0 Å². The van der Waals surface area contributed by atoms with Crippen molar-refractivity contribution in [2.24, 2.45) is 0 Å². The van der Waals surface area contributed by atoms with Crippen molar-refractivity contribution in [2.75, 3.05) is 0 Å². The first kappa shape index (κ1) is 8.01. The van der Waals surface area contributed by atoms with E-state index in [9.17, 15) is 0 Å². The standard InChI is InChI=1S/C13H13N/c1-2-6-10(5-1)13-12-8-4-3-7-11(12)9-14-13/h1-5,7-8,13-14H,6,9H2/t13-/m1/s1. The summed E-state index contributed by atoms with van der Waals surface area (Å²) in [7, 11) is 0. The smallest absolute Gasteiger partial charge is 0.0548 e. The zero-order valence-electron chi connectivity index (χ0n) is 8.03. The van der Waals surface area contributed by atoms with Gasteiger partial charge in [-0.15, -0.1) is 0 Å². The number of allylic oxidation sites excluding steroid dienone is 3. The summed E-state index contributed by atoms with van der Waals surface area (Å²) in [5.41, 5.74) is 4.41. The van der Waals surface area contributed by atoms with Gasteiger partial charge in [0.25, 0.3) is 0 Å². The van der Waals surface area contributed by atoms with Crippen LogP contribution in [0, 0.1) is 0 Å². The van der Waals surface area contributed by atoms with Crippen LogP contribution in [-0.4, -0.2) is 0 Å². The fourth-order valence-electron chi connectivity index (χ4n) is 2.31. The molecule has 0 fully saturated rings. The van der Waals surface area contributed by atoms with Crippen molar-refractivity contribution in [1.82, 2.24) is 5.32 Å². The van der Waals surface area contributed by atoms with Crippen LogP contribution in [0.15, 0.2) is 48.1 Å². The first-order chi connectivity index (χ1) is 6.95. The van der Waals surface area contributed by atoms with Crippen molar-refractivity contribution in [3.63, 3.8) is 0 Å². The van der Waals surface area contributed by atoms with Crippen LogP contribution in [0.25, 0.3) is 0 Å². The van der Waals surface area contributed by atoms with Crippen LogP contribution < -0.4 is 5.32 Å². The van der Waals surface area contributed by atoms with Gasteiger partial charge in [0.05, 0.1) is 6.04 Å². The fourth-order valence-corrected chi connectivity index (χ4v) is 2.31. The van der Waals surface area contributed by atoms with Crippen LogP contribution in [0.2, 0.25) is 0 Å². The second-order valence-electron chi connectivity index (χ2n) is 3.89. The van der Waals surface area contributed by atoms with Gasteiger partial charge < -0.3 is 5.32 Å². The third-order valence-electron chi connectivity index (χ3n) is 3.03. The minimum atomic E-state index is 0.459. The summed E-state index contributed by atoms with van der Waals surface area (Å²) >= 11 is 0. The largest absolute Gasteiger partial charge is 0.302 e. The molecular weight excluding hydrogens is 170 g/mol. The van der Waals surface area contributed by atoms with Gasteiger partial charge in [0.15, 0.2) is 0 Å². The van der Waals surface area contributed by atoms with Gasteiger partial charge in [-0.05, 0) is 23.1 Å². The van der Waals surface area contributed by atoms with Gasteiger partial charge in [0.1, 0.15) is 0 Å². The number of benzene rings is 1. The molecule has 14 heavy (non-hydrogen) atoms. The van der Waals surface area contributed by atoms with Crippen LogP contribution in [0.3, 0.4) is 0 Å². The van der Waals surface area contributed by atoms with Gasteiger partial charge >= 0.3 is 0 Å². The van der Waals surface area contributed by atoms with Gasteiger partial charge in [-0.3, -0.25) is 0 Å². The van der Waals surface area contributed by atoms with E-state index in [4.69, 9.17) is 0 Å². The summed E-state index contributed by atoms with van der Waals surface area (Å²) in [6.45, 7) is 1.01. The van der Waals surface area contributed by atoms with E-state index in [1.54, 1.807) is 0 Å². The summed E-state index contributed by atoms with van der Waals surface area (Å²) in [5, 5.41) is 3.56. The molecule has 0 unspecified atom stereocenters. The number of rotatable bonds is 1. The summed E-state index contributed by atoms with van der Waals surface area (Å²) < 4.78 is 0. The molecular formula is C13H13N. The Hall–Kier alpha value is -1.34. The molecule has 2 aliphatic rings. The Morgan fingerprint density at radius 1 is 1.21 bits per heavy atom. The molecule has 1 atom stereocenters. The molecule has 0 amide bonds. The highest BCUT2D eigenvalue weighted by atomic mass is 14.9. The molecule has 1 heteroatoms. The lowest BCUT2D eigenvalue weighted by Gasteiger charge is -2.13. The molecule has 0 aromatic heterocycles. The monoisotopic (exact) mass is 183 g/mol. The van der Waals surface area contributed by atoms with E-state index in [2.05, 4.69) is 47.8 Å². The molecule has 0 saturated carbocycles. The van der Waals surface area contributed by atoms with Crippen LogP contribution in [0.1, 0.15) is 23.6 Å². The molecule has 1 aliphatic heterocycles. The van der Waals surface area contributed by atoms with Crippen LogP contribution in [0.5, 0.6) is 0 Å². The van der Waals surface area contributed by atoms with E-state index in [-0.39, 0.29) is 0 Å². The Kier molecular flexibility index (Phi) is 1.78. The predicted molar refractivity (Wildman–Crippen MR) is 57.9 cm³/mol. The predicted octanol–water partition coefficient (Wildman–Crippen LogP) is 2.72. The van der Waals surface area contributed by atoms with Gasteiger partial charge in [-0.25, -0.2) is 0 Å². The SMILES string of the molecule is C1=CCC([C@H]2NCc3ccccc32)=C1. The average molecular weight is 183 g/mol. The number of hydrogen-bond donors (Lipinski definition) is 1. The Balaban J connectivity index is 1.98. The van der Waals surface area contributed by atoms with E-state index >= 15 is 0 Å². The van der Waals surface area contributed by atoms with E-state index < -0.39 is 0 Å². The summed E-state index contributed by atoms with van der Waals surface area (Å²) in [6, 6.07) is 9.15. The highest BCUT2D eigenvalue weighted by Gasteiger charge is 2.24. The van der Waals surface area contributed by atoms with Crippen LogP contribution in [-0.2, 0) is 6.54 Å². The van der Waals surface area contributed by atoms with Crippen LogP contribution >= 0.6 is 0 Å². The lowest BCUT2D eigenvalue weighted by Crippen LogP contribution is -2.13. The molecule has 1 aliphatic carbocycles. The highest BCUT2D eigenvalue weighted by molar-refractivity contribution is 5.42. The lowest BCUT2D eigenvalue weighted by molar-refractivity contribution is 0.648. The van der Waals surface area contributed by atoms with Crippen LogP contribution in [0.4, 0.5) is 0 Å². The number of fused-ring (bicyclic) bond motifs is 1. The van der Waals surface area contributed by atoms with Crippen molar-refractivity contribution < 1.29 is 0 Å². The molecule has 0 saturated heterocycles. The number of nitrogens with one attached hydrogen (secondary N) is 1. The van der Waals surface area contributed by atoms with Crippen molar-refractivity contribution in [3.8, 4) is 0 Å². The molecule has 1 nitrogen and oxygen atoms in total. The molecule has 1 N–H and O–H groups in total. The Bertz CT molecular complexity index is 415. The molecule has 0 spiro atoms. The van der Waals surface area contributed by atoms with Crippen molar-refractivity contribution in [3.05, 3.63) is 59.2 Å². The first-order valence-electron chi connectivity index (χ1n) is 5.12. The highest BCUT2D eigenvalue weighted by Crippen LogP contribution is 2.33. The third-order valence-corrected chi connectivity index (χ3v) is 3.03. The second-order valence-corrected chi connectivity index (χ2v) is 3.89. The lowest BCUT2D eigenvalue weighted by atomic mass is 9.98. The molecule has 1 aromatic rings. The quantitative estimate of drug-likeness (QED) is 0.706. The maximum Gasteiger partial charge on any atom is 0.0548 e. The fraction of sp³-hybridized carbons (Fsp3) is 0.231. The molecule has 3 rings (SSSR count). The topological polar surface area (TPSA) is 12.0 Å². The van der Waals surface area contributed by atoms with Crippen molar-refractivity contribution in [2.45, 2.75) is 19.0 Å². The first-order valence-corrected chi connectivity index (χ1v) is 5.12. The Morgan fingerprint density at radius 2 is 2.14 bits per heavy atom. The average Bonchev–Trinajstić information content (AvgIpc) is 2.85. The normalized spacial score (nSPS) is 23.7. The summed E-state index contributed by atoms with van der Waals surface area (Å²) in [5.74, 6) is 0. The maximum absolute atomic E-state index is 3.56. The zero-order chi connectivity index (χ0) is 9.38. The van der Waals surface area contributed by atoms with E-state index in [0.717, 1.165) is 13.0 Å². The minimum absolute atomic E-state index is 0.459. The van der Waals surface area contributed by atoms with Gasteiger partial charge in [-0.2, -0.15) is 0 Å². The molecule has 1 heterocycles. The van der Waals surface area contributed by atoms with E-state index in [1.165, 1.54) is 16.7 Å². The Morgan fingerprint density at radius 3 is 3.00 bits per heavy atom. The van der Waals surface area contributed by atoms with E-state index in [1.807, 2.05) is 0 Å². The van der Waals surface area contributed by atoms with Gasteiger partial charge in [0.2, 0.25) is 0 Å². The summed E-state index contributed by atoms with van der Waals surface area (Å²) in [4.78, 5) is 0. The molecule has 1 aromatic carbocycles. The van der Waals surface area contributed by atoms with Gasteiger partial charge in [-0.1, -0.05) is 42.5 Å². The molecule has 0 radical (unpaired) electrons. The minimum Gasteiger partial charge on any atom is -0.302 e. The summed E-state index contributed by atoms with van der Waals surface area (Å²) in [6.07, 6.45) is 7.71. The van der Waals surface area contributed by atoms with Gasteiger partial charge in [0, 0.05) is 6.54 Å².